The van der Waals surface area contributed by atoms with Crippen LogP contribution in [-0.2, 0) is 4.74 Å². The Morgan fingerprint density at radius 2 is 1.82 bits per heavy atom. The van der Waals surface area contributed by atoms with Crippen molar-refractivity contribution in [2.75, 3.05) is 7.11 Å². The summed E-state index contributed by atoms with van der Waals surface area (Å²) in [5.41, 5.74) is 4.64. The monoisotopic (exact) mass is 293 g/mol. The molecule has 0 radical (unpaired) electrons. The molecule has 0 aliphatic heterocycles. The Morgan fingerprint density at radius 1 is 1.24 bits per heavy atom. The van der Waals surface area contributed by atoms with Crippen LogP contribution in [0.2, 0.25) is 10.0 Å². The van der Waals surface area contributed by atoms with Gasteiger partial charge in [0.15, 0.2) is 5.41 Å². The van der Waals surface area contributed by atoms with E-state index >= 15 is 0 Å². The van der Waals surface area contributed by atoms with Crippen molar-refractivity contribution < 1.29 is 9.47 Å². The van der Waals surface area contributed by atoms with E-state index in [1.165, 1.54) is 0 Å². The molecule has 2 N–H and O–H groups in total. The first kappa shape index (κ1) is 14.8. The van der Waals surface area contributed by atoms with Gasteiger partial charge in [0.1, 0.15) is 5.75 Å². The topological polar surface area (TPSA) is 44.5 Å². The lowest BCUT2D eigenvalue weighted by Gasteiger charge is -2.40. The molecule has 3 nitrogen and oxygen atoms in total. The lowest BCUT2D eigenvalue weighted by molar-refractivity contribution is -0.135. The first-order chi connectivity index (χ1) is 7.69. The number of hydrogen-bond donors (Lipinski definition) is 1. The van der Waals surface area contributed by atoms with E-state index in [0.29, 0.717) is 26.0 Å². The maximum Gasteiger partial charge on any atom is 0.196 e. The van der Waals surface area contributed by atoms with Crippen molar-refractivity contribution in [2.45, 2.75) is 24.8 Å². The lowest BCUT2D eigenvalue weighted by Crippen LogP contribution is -2.61. The minimum Gasteiger partial charge on any atom is -0.466 e. The molecule has 0 heterocycles. The Bertz CT molecular complexity index is 409. The van der Waals surface area contributed by atoms with Crippen LogP contribution in [0.4, 0.5) is 0 Å². The van der Waals surface area contributed by atoms with E-state index in [1.807, 2.05) is 13.8 Å². The zero-order valence-corrected chi connectivity index (χ0v) is 13.9. The standard InChI is InChI=1S/C11H17Cl2NO2Si/c1-10(2,14)11(17,15-3)16-7-4-5-8(12)9(13)6-7/h4-6H,14H2,1-3,17H3/t11-/m1/s1. The predicted molar refractivity (Wildman–Crippen MR) is 75.0 cm³/mol. The van der Waals surface area contributed by atoms with Crippen molar-refractivity contribution >= 4 is 33.4 Å². The fourth-order valence-electron chi connectivity index (χ4n) is 1.20. The number of benzene rings is 1. The van der Waals surface area contributed by atoms with Crippen LogP contribution in [0.25, 0.3) is 0 Å². The van der Waals surface area contributed by atoms with Gasteiger partial charge in [0, 0.05) is 13.2 Å². The molecule has 1 atom stereocenters. The summed E-state index contributed by atoms with van der Waals surface area (Å²) in [6.07, 6.45) is 0. The van der Waals surface area contributed by atoms with E-state index in [2.05, 4.69) is 0 Å². The van der Waals surface area contributed by atoms with Crippen LogP contribution in [0.15, 0.2) is 18.2 Å². The number of methoxy groups -OCH3 is 1. The molecule has 0 fully saturated rings. The first-order valence-electron chi connectivity index (χ1n) is 5.18. The summed E-state index contributed by atoms with van der Waals surface area (Å²) in [6.45, 7) is 3.72. The van der Waals surface area contributed by atoms with E-state index in [4.69, 9.17) is 38.4 Å². The summed E-state index contributed by atoms with van der Waals surface area (Å²) in [6, 6.07) is 5.08. The van der Waals surface area contributed by atoms with Gasteiger partial charge in [-0.3, -0.25) is 0 Å². The first-order valence-corrected chi connectivity index (χ1v) is 6.93. The third-order valence-electron chi connectivity index (χ3n) is 2.76. The van der Waals surface area contributed by atoms with Gasteiger partial charge in [0.2, 0.25) is 0 Å². The van der Waals surface area contributed by atoms with E-state index in [-0.39, 0.29) is 0 Å². The zero-order chi connectivity index (χ0) is 13.3. The summed E-state index contributed by atoms with van der Waals surface area (Å²) in [5, 5.41) is 0.932. The van der Waals surface area contributed by atoms with Gasteiger partial charge < -0.3 is 15.2 Å². The maximum atomic E-state index is 6.07. The third kappa shape index (κ3) is 3.36. The average Bonchev–Trinajstić information content (AvgIpc) is 2.22. The molecule has 96 valence electrons. The fourth-order valence-corrected chi connectivity index (χ4v) is 1.73. The summed E-state index contributed by atoms with van der Waals surface area (Å²) in [7, 11) is 2.20. The van der Waals surface area contributed by atoms with Crippen LogP contribution in [0.3, 0.4) is 0 Å². The highest BCUT2D eigenvalue weighted by molar-refractivity contribution is 6.42. The summed E-state index contributed by atoms with van der Waals surface area (Å²) < 4.78 is 11.2. The largest absolute Gasteiger partial charge is 0.466 e. The molecule has 0 unspecified atom stereocenters. The molecule has 0 aliphatic rings. The van der Waals surface area contributed by atoms with Crippen molar-refractivity contribution in [2.24, 2.45) is 5.73 Å². The van der Waals surface area contributed by atoms with Crippen LogP contribution in [0, 0.1) is 0 Å². The Labute approximate surface area is 115 Å². The minimum atomic E-state index is -0.815. The second kappa shape index (κ2) is 5.16. The molecule has 6 heteroatoms. The van der Waals surface area contributed by atoms with E-state index < -0.39 is 10.9 Å². The van der Waals surface area contributed by atoms with Crippen LogP contribution in [-0.4, -0.2) is 28.3 Å². The number of rotatable bonds is 4. The Kier molecular flexibility index (Phi) is 4.49. The Morgan fingerprint density at radius 3 is 2.24 bits per heavy atom. The second-order valence-corrected chi connectivity index (χ2v) is 6.68. The van der Waals surface area contributed by atoms with Crippen LogP contribution in [0.1, 0.15) is 13.8 Å². The van der Waals surface area contributed by atoms with Crippen LogP contribution < -0.4 is 10.5 Å². The maximum absolute atomic E-state index is 6.07. The highest BCUT2D eigenvalue weighted by Crippen LogP contribution is 2.30. The molecule has 0 saturated heterocycles. The lowest BCUT2D eigenvalue weighted by atomic mass is 10.1. The Balaban J connectivity index is 2.99. The number of nitrogens with two attached hydrogens (primary N) is 1. The number of hydrogen-bond acceptors (Lipinski definition) is 3. The highest BCUT2D eigenvalue weighted by atomic mass is 35.5. The van der Waals surface area contributed by atoms with Gasteiger partial charge in [-0.15, -0.1) is 0 Å². The smallest absolute Gasteiger partial charge is 0.196 e. The van der Waals surface area contributed by atoms with Gasteiger partial charge >= 0.3 is 0 Å². The van der Waals surface area contributed by atoms with Crippen molar-refractivity contribution in [3.05, 3.63) is 28.2 Å². The van der Waals surface area contributed by atoms with E-state index in [1.54, 1.807) is 25.3 Å². The molecule has 0 saturated carbocycles. The van der Waals surface area contributed by atoms with E-state index in [0.717, 1.165) is 0 Å². The normalized spacial score (nSPS) is 15.6. The van der Waals surface area contributed by atoms with Gasteiger partial charge in [-0.05, 0) is 26.0 Å². The molecule has 1 aromatic carbocycles. The van der Waals surface area contributed by atoms with Crippen molar-refractivity contribution in [1.29, 1.82) is 0 Å². The molecule has 0 bridgehead atoms. The Hall–Kier alpha value is -0.263. The molecular formula is C11H17Cl2NO2Si. The van der Waals surface area contributed by atoms with Gasteiger partial charge in [-0.25, -0.2) is 0 Å². The van der Waals surface area contributed by atoms with Crippen LogP contribution in [0.5, 0.6) is 5.75 Å². The van der Waals surface area contributed by atoms with Crippen molar-refractivity contribution in [1.82, 2.24) is 0 Å². The molecule has 0 spiro atoms. The predicted octanol–water partition coefficient (Wildman–Crippen LogP) is 1.78. The van der Waals surface area contributed by atoms with E-state index in [9.17, 15) is 0 Å². The number of ether oxygens (including phenoxy) is 2. The summed E-state index contributed by atoms with van der Waals surface area (Å²) in [4.78, 5) is 0. The summed E-state index contributed by atoms with van der Waals surface area (Å²) >= 11 is 11.8. The molecule has 1 aromatic rings. The zero-order valence-electron chi connectivity index (χ0n) is 10.4. The van der Waals surface area contributed by atoms with Crippen molar-refractivity contribution in [3.63, 3.8) is 0 Å². The van der Waals surface area contributed by atoms with Crippen molar-refractivity contribution in [3.8, 4) is 5.75 Å². The molecule has 1 rings (SSSR count). The van der Waals surface area contributed by atoms with Gasteiger partial charge in [-0.1, -0.05) is 23.2 Å². The number of halogens is 2. The van der Waals surface area contributed by atoms with Gasteiger partial charge in [0.25, 0.3) is 0 Å². The molecule has 0 aromatic heterocycles. The second-order valence-electron chi connectivity index (χ2n) is 4.55. The molecule has 0 amide bonds. The van der Waals surface area contributed by atoms with Gasteiger partial charge in [-0.2, -0.15) is 0 Å². The quantitative estimate of drug-likeness (QED) is 0.680. The highest BCUT2D eigenvalue weighted by Gasteiger charge is 2.40. The average molecular weight is 294 g/mol. The molecule has 0 aliphatic carbocycles. The molecule has 17 heavy (non-hydrogen) atoms. The van der Waals surface area contributed by atoms with Gasteiger partial charge in [0.05, 0.1) is 25.8 Å². The minimum absolute atomic E-state index is 0.444. The fraction of sp³-hybridized carbons (Fsp3) is 0.455. The molecular weight excluding hydrogens is 277 g/mol. The SMILES string of the molecule is CO[C@@]([SiH3])(Oc1ccc(Cl)c(Cl)c1)C(C)(C)N. The summed E-state index contributed by atoms with van der Waals surface area (Å²) in [5.74, 6) is 0.592. The third-order valence-corrected chi connectivity index (χ3v) is 5.40. The van der Waals surface area contributed by atoms with Crippen LogP contribution >= 0.6 is 23.2 Å².